The summed E-state index contributed by atoms with van der Waals surface area (Å²) in [6.07, 6.45) is 2.54. The highest BCUT2D eigenvalue weighted by Gasteiger charge is 2.21. The van der Waals surface area contributed by atoms with Gasteiger partial charge in [-0.2, -0.15) is 5.10 Å². The summed E-state index contributed by atoms with van der Waals surface area (Å²) in [6, 6.07) is 3.67. The summed E-state index contributed by atoms with van der Waals surface area (Å²) >= 11 is 6.16. The fourth-order valence-electron chi connectivity index (χ4n) is 2.09. The first-order chi connectivity index (χ1) is 9.18. The van der Waals surface area contributed by atoms with Crippen LogP contribution >= 0.6 is 11.6 Å². The summed E-state index contributed by atoms with van der Waals surface area (Å²) in [5.74, 6) is 1.81. The molecular weight excluding hydrogens is 266 g/mol. The third-order valence-electron chi connectivity index (χ3n) is 3.12. The molecule has 0 radical (unpaired) electrons. The van der Waals surface area contributed by atoms with E-state index in [0.717, 1.165) is 17.5 Å². The van der Waals surface area contributed by atoms with Gasteiger partial charge in [0.2, 0.25) is 0 Å². The molecule has 0 spiro atoms. The molecule has 1 aliphatic heterocycles. The number of hydrogen-bond donors (Lipinski definition) is 1. The molecule has 0 bridgehead atoms. The van der Waals surface area contributed by atoms with E-state index in [2.05, 4.69) is 5.10 Å². The van der Waals surface area contributed by atoms with Crippen molar-refractivity contribution in [2.75, 3.05) is 18.9 Å². The summed E-state index contributed by atoms with van der Waals surface area (Å²) < 4.78 is 13.1. The minimum absolute atomic E-state index is 0.545. The van der Waals surface area contributed by atoms with Crippen molar-refractivity contribution in [3.8, 4) is 22.6 Å². The minimum Gasteiger partial charge on any atom is -0.489 e. The van der Waals surface area contributed by atoms with E-state index >= 15 is 0 Å². The van der Waals surface area contributed by atoms with Crippen LogP contribution in [0, 0.1) is 0 Å². The highest BCUT2D eigenvalue weighted by atomic mass is 35.5. The Hall–Kier alpha value is -1.88. The average molecular weight is 280 g/mol. The first-order valence-electron chi connectivity index (χ1n) is 6.04. The Balaban J connectivity index is 2.19. The van der Waals surface area contributed by atoms with Crippen LogP contribution in [-0.4, -0.2) is 23.0 Å². The number of hydrogen-bond acceptors (Lipinski definition) is 4. The van der Waals surface area contributed by atoms with Gasteiger partial charge in [0.05, 0.1) is 24.4 Å². The molecule has 2 N–H and O–H groups in total. The zero-order chi connectivity index (χ0) is 13.4. The fraction of sp³-hybridized carbons (Fsp3) is 0.308. The van der Waals surface area contributed by atoms with Gasteiger partial charge in [0.15, 0.2) is 11.5 Å². The van der Waals surface area contributed by atoms with Gasteiger partial charge in [0, 0.05) is 24.6 Å². The second-order valence-electron chi connectivity index (χ2n) is 4.37. The lowest BCUT2D eigenvalue weighted by Crippen LogP contribution is -2.00. The van der Waals surface area contributed by atoms with Gasteiger partial charge in [0.25, 0.3) is 0 Å². The van der Waals surface area contributed by atoms with Crippen LogP contribution < -0.4 is 15.2 Å². The van der Waals surface area contributed by atoms with Crippen LogP contribution in [0.3, 0.4) is 0 Å². The van der Waals surface area contributed by atoms with Gasteiger partial charge in [-0.05, 0) is 12.1 Å². The van der Waals surface area contributed by atoms with Gasteiger partial charge in [-0.3, -0.25) is 4.68 Å². The molecule has 100 valence electrons. The molecule has 3 rings (SSSR count). The quantitative estimate of drug-likeness (QED) is 0.871. The number of benzene rings is 1. The van der Waals surface area contributed by atoms with Gasteiger partial charge in [-0.25, -0.2) is 0 Å². The molecule has 6 heteroatoms. The number of nitrogens with two attached hydrogens (primary N) is 1. The predicted molar refractivity (Wildman–Crippen MR) is 73.7 cm³/mol. The Kier molecular flexibility index (Phi) is 2.98. The Bertz CT molecular complexity index is 625. The predicted octanol–water partition coefficient (Wildman–Crippen LogP) is 2.48. The molecule has 0 aliphatic carbocycles. The lowest BCUT2D eigenvalue weighted by Gasteiger charge is -2.13. The van der Waals surface area contributed by atoms with Crippen molar-refractivity contribution in [2.45, 2.75) is 6.42 Å². The number of fused-ring (bicyclic) bond motifs is 1. The number of halogens is 1. The van der Waals surface area contributed by atoms with Crippen LogP contribution in [0.2, 0.25) is 5.02 Å². The van der Waals surface area contributed by atoms with Crippen LogP contribution in [0.4, 0.5) is 5.82 Å². The average Bonchev–Trinajstić information content (AvgIpc) is 2.64. The summed E-state index contributed by atoms with van der Waals surface area (Å²) in [5.41, 5.74) is 7.69. The molecular formula is C13H14ClN3O2. The fourth-order valence-corrected chi connectivity index (χ4v) is 2.29. The monoisotopic (exact) mass is 279 g/mol. The maximum absolute atomic E-state index is 6.16. The first kappa shape index (κ1) is 12.2. The van der Waals surface area contributed by atoms with Crippen molar-refractivity contribution in [2.24, 2.45) is 7.05 Å². The van der Waals surface area contributed by atoms with Crippen molar-refractivity contribution in [1.82, 2.24) is 9.78 Å². The molecule has 5 nitrogen and oxygen atoms in total. The second kappa shape index (κ2) is 4.66. The third kappa shape index (κ3) is 2.00. The SMILES string of the molecule is Cn1ncc(-c2ccc(Cl)c3c2OCCCO3)c1N. The standard InChI is InChI=1S/C13H14ClN3O2/c1-17-13(15)9(7-16-17)8-3-4-10(14)12-11(8)18-5-2-6-19-12/h3-4,7H,2,5-6,15H2,1H3. The maximum atomic E-state index is 6.16. The van der Waals surface area contributed by atoms with E-state index in [1.54, 1.807) is 24.0 Å². The zero-order valence-electron chi connectivity index (χ0n) is 10.5. The van der Waals surface area contributed by atoms with E-state index in [1.807, 2.05) is 6.07 Å². The van der Waals surface area contributed by atoms with E-state index in [0.29, 0.717) is 35.6 Å². The third-order valence-corrected chi connectivity index (χ3v) is 3.42. The molecule has 19 heavy (non-hydrogen) atoms. The zero-order valence-corrected chi connectivity index (χ0v) is 11.3. The van der Waals surface area contributed by atoms with Gasteiger partial charge < -0.3 is 15.2 Å². The summed E-state index contributed by atoms with van der Waals surface area (Å²) in [6.45, 7) is 1.19. The normalized spacial score (nSPS) is 14.2. The Morgan fingerprint density at radius 2 is 1.95 bits per heavy atom. The topological polar surface area (TPSA) is 62.3 Å². The van der Waals surface area contributed by atoms with Crippen molar-refractivity contribution in [3.63, 3.8) is 0 Å². The van der Waals surface area contributed by atoms with Gasteiger partial charge >= 0.3 is 0 Å². The van der Waals surface area contributed by atoms with Crippen LogP contribution in [-0.2, 0) is 7.05 Å². The Labute approximate surface area is 115 Å². The van der Waals surface area contributed by atoms with Gasteiger partial charge in [-0.1, -0.05) is 11.6 Å². The smallest absolute Gasteiger partial charge is 0.180 e. The lowest BCUT2D eigenvalue weighted by atomic mass is 10.1. The molecule has 2 aromatic rings. The molecule has 1 aromatic carbocycles. The largest absolute Gasteiger partial charge is 0.489 e. The molecule has 0 saturated carbocycles. The number of nitrogens with zero attached hydrogens (tertiary/aromatic N) is 2. The van der Waals surface area contributed by atoms with Gasteiger partial charge in [0.1, 0.15) is 5.82 Å². The van der Waals surface area contributed by atoms with Crippen molar-refractivity contribution >= 4 is 17.4 Å². The van der Waals surface area contributed by atoms with E-state index in [9.17, 15) is 0 Å². The summed E-state index contributed by atoms with van der Waals surface area (Å²) in [4.78, 5) is 0. The van der Waals surface area contributed by atoms with Crippen LogP contribution in [0.25, 0.3) is 11.1 Å². The van der Waals surface area contributed by atoms with E-state index in [1.165, 1.54) is 0 Å². The van der Waals surface area contributed by atoms with E-state index < -0.39 is 0 Å². The molecule has 1 aromatic heterocycles. The number of rotatable bonds is 1. The molecule has 1 aliphatic rings. The maximum Gasteiger partial charge on any atom is 0.180 e. The number of nitrogen functional groups attached to an aromatic ring is 1. The highest BCUT2D eigenvalue weighted by Crippen LogP contribution is 2.45. The molecule has 0 amide bonds. The minimum atomic E-state index is 0.545. The molecule has 0 atom stereocenters. The van der Waals surface area contributed by atoms with Crippen LogP contribution in [0.15, 0.2) is 18.3 Å². The van der Waals surface area contributed by atoms with Crippen molar-refractivity contribution in [1.29, 1.82) is 0 Å². The number of aromatic nitrogens is 2. The van der Waals surface area contributed by atoms with Crippen molar-refractivity contribution in [3.05, 3.63) is 23.4 Å². The molecule has 0 fully saturated rings. The molecule has 0 saturated heterocycles. The van der Waals surface area contributed by atoms with Crippen molar-refractivity contribution < 1.29 is 9.47 Å². The highest BCUT2D eigenvalue weighted by molar-refractivity contribution is 6.32. The lowest BCUT2D eigenvalue weighted by molar-refractivity contribution is 0.297. The van der Waals surface area contributed by atoms with Crippen LogP contribution in [0.1, 0.15) is 6.42 Å². The second-order valence-corrected chi connectivity index (χ2v) is 4.78. The number of ether oxygens (including phenoxy) is 2. The Morgan fingerprint density at radius 1 is 1.21 bits per heavy atom. The first-order valence-corrected chi connectivity index (χ1v) is 6.42. The number of aryl methyl sites for hydroxylation is 1. The number of anilines is 1. The van der Waals surface area contributed by atoms with E-state index in [4.69, 9.17) is 26.8 Å². The Morgan fingerprint density at radius 3 is 2.63 bits per heavy atom. The van der Waals surface area contributed by atoms with E-state index in [-0.39, 0.29) is 0 Å². The van der Waals surface area contributed by atoms with Gasteiger partial charge in [-0.15, -0.1) is 0 Å². The van der Waals surface area contributed by atoms with Crippen LogP contribution in [0.5, 0.6) is 11.5 Å². The summed E-state index contributed by atoms with van der Waals surface area (Å²) in [7, 11) is 1.80. The molecule has 0 unspecified atom stereocenters. The summed E-state index contributed by atoms with van der Waals surface area (Å²) in [5, 5.41) is 4.69. The molecule has 2 heterocycles.